The highest BCUT2D eigenvalue weighted by atomic mass is 16.5. The van der Waals surface area contributed by atoms with E-state index in [2.05, 4.69) is 0 Å². The van der Waals surface area contributed by atoms with Crippen molar-refractivity contribution in [1.29, 1.82) is 0 Å². The van der Waals surface area contributed by atoms with E-state index in [4.69, 9.17) is 4.74 Å². The van der Waals surface area contributed by atoms with Crippen LogP contribution in [0, 0.1) is 0 Å². The van der Waals surface area contributed by atoms with Crippen molar-refractivity contribution in [3.63, 3.8) is 0 Å². The van der Waals surface area contributed by atoms with Gasteiger partial charge in [-0.15, -0.1) is 0 Å². The van der Waals surface area contributed by atoms with E-state index in [1.54, 1.807) is 0 Å². The maximum Gasteiger partial charge on any atom is 0.340 e. The number of ether oxygens (including phenoxy) is 1. The first-order valence-electron chi connectivity index (χ1n) is 5.97. The Morgan fingerprint density at radius 2 is 1.94 bits per heavy atom. The molecule has 0 fully saturated rings. The lowest BCUT2D eigenvalue weighted by Gasteiger charge is -2.08. The predicted octanol–water partition coefficient (Wildman–Crippen LogP) is 3.27. The van der Waals surface area contributed by atoms with Gasteiger partial charge in [0.25, 0.3) is 0 Å². The fourth-order valence-corrected chi connectivity index (χ4v) is 2.24. The number of fused-ring (bicyclic) bond motifs is 3. The van der Waals surface area contributed by atoms with Gasteiger partial charge in [0.2, 0.25) is 0 Å². The van der Waals surface area contributed by atoms with Crippen molar-refractivity contribution >= 4 is 22.4 Å². The summed E-state index contributed by atoms with van der Waals surface area (Å²) in [6.45, 7) is 2.20. The van der Waals surface area contributed by atoms with Crippen molar-refractivity contribution in [2.24, 2.45) is 0 Å². The lowest BCUT2D eigenvalue weighted by molar-refractivity contribution is 0.0528. The number of esters is 1. The molecule has 0 N–H and O–H groups in total. The lowest BCUT2D eigenvalue weighted by Crippen LogP contribution is -2.06. The normalized spacial score (nSPS) is 10.9. The summed E-state index contributed by atoms with van der Waals surface area (Å²) >= 11 is 0. The van der Waals surface area contributed by atoms with E-state index in [-0.39, 0.29) is 5.97 Å². The van der Waals surface area contributed by atoms with Crippen molar-refractivity contribution in [2.45, 2.75) is 6.92 Å². The fourth-order valence-electron chi connectivity index (χ4n) is 2.24. The summed E-state index contributed by atoms with van der Waals surface area (Å²) in [4.78, 5) is 12.0. The van der Waals surface area contributed by atoms with E-state index in [9.17, 15) is 4.79 Å². The van der Waals surface area contributed by atoms with Crippen LogP contribution in [0.15, 0.2) is 48.7 Å². The number of nitrogens with zero attached hydrogens (tertiary/aromatic N) is 1. The molecular weight excluding hydrogens is 226 g/mol. The minimum Gasteiger partial charge on any atom is -0.462 e. The number of carbonyl (C=O) groups excluding carboxylic acids is 1. The van der Waals surface area contributed by atoms with Gasteiger partial charge < -0.3 is 9.14 Å². The third-order valence-electron chi connectivity index (χ3n) is 3.02. The van der Waals surface area contributed by atoms with Crippen LogP contribution in [0.1, 0.15) is 17.3 Å². The second-order valence-electron chi connectivity index (χ2n) is 4.10. The standard InChI is InChI=1S/C15H13NO2/c1-2-18-15(17)12-10-11-6-3-4-7-13(11)16-9-5-8-14(12)16/h3-10H,2H2,1H3. The molecular formula is C15H13NO2. The molecule has 0 spiro atoms. The third-order valence-corrected chi connectivity index (χ3v) is 3.02. The molecule has 0 aliphatic heterocycles. The second-order valence-corrected chi connectivity index (χ2v) is 4.10. The number of carbonyl (C=O) groups is 1. The van der Waals surface area contributed by atoms with Crippen molar-refractivity contribution in [3.8, 4) is 0 Å². The summed E-state index contributed by atoms with van der Waals surface area (Å²) in [5, 5.41) is 1.03. The Kier molecular flexibility index (Phi) is 2.52. The smallest absolute Gasteiger partial charge is 0.340 e. The summed E-state index contributed by atoms with van der Waals surface area (Å²) in [5.41, 5.74) is 2.58. The first-order valence-corrected chi connectivity index (χ1v) is 5.97. The van der Waals surface area contributed by atoms with E-state index in [0.29, 0.717) is 12.2 Å². The van der Waals surface area contributed by atoms with E-state index < -0.39 is 0 Å². The average Bonchev–Trinajstić information content (AvgIpc) is 2.87. The monoisotopic (exact) mass is 239 g/mol. The Labute approximate surface area is 105 Å². The van der Waals surface area contributed by atoms with Crippen LogP contribution in [0.2, 0.25) is 0 Å². The van der Waals surface area contributed by atoms with Crippen LogP contribution in [0.4, 0.5) is 0 Å². The molecule has 3 nitrogen and oxygen atoms in total. The zero-order chi connectivity index (χ0) is 12.5. The summed E-state index contributed by atoms with van der Waals surface area (Å²) < 4.78 is 7.12. The quantitative estimate of drug-likeness (QED) is 0.642. The number of benzene rings is 1. The van der Waals surface area contributed by atoms with Crippen molar-refractivity contribution in [1.82, 2.24) is 4.40 Å². The molecule has 3 heteroatoms. The molecule has 90 valence electrons. The summed E-state index contributed by atoms with van der Waals surface area (Å²) in [6.07, 6.45) is 1.96. The van der Waals surface area contributed by atoms with Gasteiger partial charge >= 0.3 is 5.97 Å². The maximum atomic E-state index is 12.0. The van der Waals surface area contributed by atoms with Gasteiger partial charge in [0, 0.05) is 6.20 Å². The lowest BCUT2D eigenvalue weighted by atomic mass is 10.1. The molecule has 0 unspecified atom stereocenters. The van der Waals surface area contributed by atoms with E-state index >= 15 is 0 Å². The van der Waals surface area contributed by atoms with E-state index in [0.717, 1.165) is 16.4 Å². The molecule has 3 aromatic rings. The van der Waals surface area contributed by atoms with Gasteiger partial charge in [0.1, 0.15) is 0 Å². The van der Waals surface area contributed by atoms with Crippen LogP contribution in [0.25, 0.3) is 16.4 Å². The molecule has 0 aliphatic carbocycles. The highest BCUT2D eigenvalue weighted by Crippen LogP contribution is 2.22. The third kappa shape index (κ3) is 1.56. The molecule has 1 aromatic carbocycles. The molecule has 0 aliphatic rings. The SMILES string of the molecule is CCOC(=O)c1cc2ccccc2n2cccc12. The maximum absolute atomic E-state index is 12.0. The highest BCUT2D eigenvalue weighted by Gasteiger charge is 2.13. The first-order chi connectivity index (χ1) is 8.81. The van der Waals surface area contributed by atoms with Gasteiger partial charge in [-0.3, -0.25) is 0 Å². The summed E-state index contributed by atoms with van der Waals surface area (Å²) in [6, 6.07) is 13.7. The highest BCUT2D eigenvalue weighted by molar-refractivity contribution is 6.01. The molecule has 0 radical (unpaired) electrons. The van der Waals surface area contributed by atoms with Crippen LogP contribution >= 0.6 is 0 Å². The fraction of sp³-hybridized carbons (Fsp3) is 0.133. The van der Waals surface area contributed by atoms with Gasteiger partial charge in [0.15, 0.2) is 0 Å². The van der Waals surface area contributed by atoms with Gasteiger partial charge in [-0.2, -0.15) is 0 Å². The topological polar surface area (TPSA) is 30.7 Å². The number of aromatic nitrogens is 1. The molecule has 0 saturated heterocycles. The molecule has 2 aromatic heterocycles. The Bertz CT molecular complexity index is 728. The molecule has 0 bridgehead atoms. The Balaban J connectivity index is 2.35. The number of para-hydroxylation sites is 1. The Hall–Kier alpha value is -2.29. The Morgan fingerprint density at radius 1 is 1.17 bits per heavy atom. The second kappa shape index (κ2) is 4.18. The van der Waals surface area contributed by atoms with Gasteiger partial charge in [0.05, 0.1) is 23.2 Å². The van der Waals surface area contributed by atoms with Crippen molar-refractivity contribution < 1.29 is 9.53 Å². The minimum absolute atomic E-state index is 0.271. The zero-order valence-corrected chi connectivity index (χ0v) is 10.1. The molecule has 3 rings (SSSR count). The van der Waals surface area contributed by atoms with E-state index in [1.165, 1.54) is 0 Å². The Morgan fingerprint density at radius 3 is 2.78 bits per heavy atom. The summed E-state index contributed by atoms with van der Waals surface area (Å²) in [5.74, 6) is -0.271. The first kappa shape index (κ1) is 10.8. The van der Waals surface area contributed by atoms with Crippen molar-refractivity contribution in [3.05, 3.63) is 54.2 Å². The van der Waals surface area contributed by atoms with Crippen LogP contribution in [-0.2, 0) is 4.74 Å². The van der Waals surface area contributed by atoms with Crippen molar-refractivity contribution in [2.75, 3.05) is 6.61 Å². The van der Waals surface area contributed by atoms with Crippen LogP contribution in [0.3, 0.4) is 0 Å². The molecule has 18 heavy (non-hydrogen) atoms. The largest absolute Gasteiger partial charge is 0.462 e. The average molecular weight is 239 g/mol. The zero-order valence-electron chi connectivity index (χ0n) is 10.1. The molecule has 0 saturated carbocycles. The molecule has 0 atom stereocenters. The number of rotatable bonds is 2. The van der Waals surface area contributed by atoms with E-state index in [1.807, 2.05) is 60.0 Å². The number of pyridine rings is 1. The predicted molar refractivity (Wildman–Crippen MR) is 70.9 cm³/mol. The van der Waals surface area contributed by atoms with Crippen LogP contribution in [0.5, 0.6) is 0 Å². The number of hydrogen-bond donors (Lipinski definition) is 0. The number of hydrogen-bond acceptors (Lipinski definition) is 2. The summed E-state index contributed by atoms with van der Waals surface area (Å²) in [7, 11) is 0. The van der Waals surface area contributed by atoms with Gasteiger partial charge in [-0.1, -0.05) is 18.2 Å². The van der Waals surface area contributed by atoms with Gasteiger partial charge in [-0.25, -0.2) is 4.79 Å². The van der Waals surface area contributed by atoms with Crippen LogP contribution < -0.4 is 0 Å². The van der Waals surface area contributed by atoms with Gasteiger partial charge in [-0.05, 0) is 36.6 Å². The molecule has 0 amide bonds. The molecule has 2 heterocycles. The van der Waals surface area contributed by atoms with Crippen LogP contribution in [-0.4, -0.2) is 17.0 Å². The minimum atomic E-state index is -0.271.